The third-order valence-electron chi connectivity index (χ3n) is 3.08. The first kappa shape index (κ1) is 12.0. The normalized spacial score (nSPS) is 19.1. The Morgan fingerprint density at radius 2 is 1.87 bits per heavy atom. The molecule has 86 valence electrons. The second-order valence-electron chi connectivity index (χ2n) is 4.90. The molecule has 0 aliphatic heterocycles. The molecule has 0 aromatic heterocycles. The molecule has 4 nitrogen and oxygen atoms in total. The van der Waals surface area contributed by atoms with Crippen molar-refractivity contribution in [2.24, 2.45) is 17.1 Å². The van der Waals surface area contributed by atoms with E-state index in [-0.39, 0.29) is 11.3 Å². The molecule has 0 aromatic rings. The number of carbonyl (C=O) groups is 2. The summed E-state index contributed by atoms with van der Waals surface area (Å²) in [5.74, 6) is 0.280. The van der Waals surface area contributed by atoms with Crippen LogP contribution in [0.15, 0.2) is 0 Å². The zero-order valence-corrected chi connectivity index (χ0v) is 9.51. The maximum Gasteiger partial charge on any atom is 0.318 e. The Labute approximate surface area is 90.6 Å². The highest BCUT2D eigenvalue weighted by molar-refractivity contribution is 5.96. The molecule has 1 saturated carbocycles. The van der Waals surface area contributed by atoms with E-state index in [4.69, 9.17) is 5.73 Å². The van der Waals surface area contributed by atoms with E-state index >= 15 is 0 Å². The van der Waals surface area contributed by atoms with Crippen LogP contribution in [0.1, 0.15) is 46.0 Å². The summed E-state index contributed by atoms with van der Waals surface area (Å²) in [5, 5.41) is 2.23. The summed E-state index contributed by atoms with van der Waals surface area (Å²) in [7, 11) is 0. The summed E-state index contributed by atoms with van der Waals surface area (Å²) in [6, 6.07) is -0.741. The fourth-order valence-corrected chi connectivity index (χ4v) is 2.60. The molecule has 15 heavy (non-hydrogen) atoms. The summed E-state index contributed by atoms with van der Waals surface area (Å²) in [5.41, 5.74) is 4.64. The van der Waals surface area contributed by atoms with Crippen LogP contribution in [0.2, 0.25) is 0 Å². The number of hydrogen-bond acceptors (Lipinski definition) is 2. The summed E-state index contributed by atoms with van der Waals surface area (Å²) in [6.45, 7) is 4.19. The van der Waals surface area contributed by atoms with Gasteiger partial charge in [0.2, 0.25) is 5.91 Å². The summed E-state index contributed by atoms with van der Waals surface area (Å²) < 4.78 is 0. The van der Waals surface area contributed by atoms with Crippen molar-refractivity contribution < 1.29 is 9.59 Å². The molecule has 1 aliphatic carbocycles. The zero-order chi connectivity index (χ0) is 11.5. The summed E-state index contributed by atoms with van der Waals surface area (Å²) in [6.07, 6.45) is 4.73. The standard InChI is InChI=1S/C11H20N2O2/c1-8(2)7-11(5-3-4-6-11)9(14)13-10(12)15/h8H,3-7H2,1-2H3,(H3,12,13,14,15). The Morgan fingerprint density at radius 3 is 2.27 bits per heavy atom. The lowest BCUT2D eigenvalue weighted by atomic mass is 9.78. The average Bonchev–Trinajstić information content (AvgIpc) is 2.51. The van der Waals surface area contributed by atoms with E-state index < -0.39 is 6.03 Å². The van der Waals surface area contributed by atoms with Crippen LogP contribution in [-0.4, -0.2) is 11.9 Å². The van der Waals surface area contributed by atoms with Crippen molar-refractivity contribution in [3.8, 4) is 0 Å². The second-order valence-corrected chi connectivity index (χ2v) is 4.90. The number of imide groups is 1. The van der Waals surface area contributed by atoms with Crippen molar-refractivity contribution in [3.05, 3.63) is 0 Å². The molecule has 0 bridgehead atoms. The predicted molar refractivity (Wildman–Crippen MR) is 58.1 cm³/mol. The monoisotopic (exact) mass is 212 g/mol. The van der Waals surface area contributed by atoms with Crippen molar-refractivity contribution in [2.45, 2.75) is 46.0 Å². The van der Waals surface area contributed by atoms with E-state index in [0.717, 1.165) is 32.1 Å². The van der Waals surface area contributed by atoms with Gasteiger partial charge in [-0.15, -0.1) is 0 Å². The highest BCUT2D eigenvalue weighted by atomic mass is 16.2. The topological polar surface area (TPSA) is 72.2 Å². The molecule has 0 spiro atoms. The number of amides is 3. The van der Waals surface area contributed by atoms with Crippen molar-refractivity contribution in [1.82, 2.24) is 5.32 Å². The molecule has 0 unspecified atom stereocenters. The van der Waals surface area contributed by atoms with Crippen LogP contribution in [0.5, 0.6) is 0 Å². The number of rotatable bonds is 3. The van der Waals surface area contributed by atoms with Gasteiger partial charge in [-0.25, -0.2) is 4.79 Å². The fraction of sp³-hybridized carbons (Fsp3) is 0.818. The fourth-order valence-electron chi connectivity index (χ4n) is 2.60. The largest absolute Gasteiger partial charge is 0.351 e. The van der Waals surface area contributed by atoms with Crippen LogP contribution in [-0.2, 0) is 4.79 Å². The van der Waals surface area contributed by atoms with Gasteiger partial charge in [0.25, 0.3) is 0 Å². The Kier molecular flexibility index (Phi) is 3.72. The smallest absolute Gasteiger partial charge is 0.318 e. The Morgan fingerprint density at radius 1 is 1.33 bits per heavy atom. The molecule has 0 saturated heterocycles. The van der Waals surface area contributed by atoms with Crippen LogP contribution in [0.25, 0.3) is 0 Å². The maximum atomic E-state index is 11.9. The first-order valence-electron chi connectivity index (χ1n) is 5.57. The lowest BCUT2D eigenvalue weighted by Crippen LogP contribution is -2.45. The number of hydrogen-bond donors (Lipinski definition) is 2. The van der Waals surface area contributed by atoms with Crippen LogP contribution in [0.4, 0.5) is 4.79 Å². The van der Waals surface area contributed by atoms with Gasteiger partial charge in [-0.2, -0.15) is 0 Å². The van der Waals surface area contributed by atoms with Gasteiger partial charge in [0.15, 0.2) is 0 Å². The van der Waals surface area contributed by atoms with Gasteiger partial charge in [-0.05, 0) is 25.2 Å². The average molecular weight is 212 g/mol. The molecule has 0 heterocycles. The molecule has 0 atom stereocenters. The van der Waals surface area contributed by atoms with Gasteiger partial charge in [-0.1, -0.05) is 26.7 Å². The number of urea groups is 1. The predicted octanol–water partition coefficient (Wildman–Crippen LogP) is 1.79. The minimum absolute atomic E-state index is 0.179. The highest BCUT2D eigenvalue weighted by Crippen LogP contribution is 2.43. The third-order valence-corrected chi connectivity index (χ3v) is 3.08. The second kappa shape index (κ2) is 4.64. The van der Waals surface area contributed by atoms with Gasteiger partial charge < -0.3 is 5.73 Å². The number of nitrogens with one attached hydrogen (secondary N) is 1. The molecule has 1 fully saturated rings. The number of primary amides is 1. The molecule has 3 N–H and O–H groups in total. The van der Waals surface area contributed by atoms with Crippen molar-refractivity contribution >= 4 is 11.9 Å². The summed E-state index contributed by atoms with van der Waals surface area (Å²) in [4.78, 5) is 22.6. The Hall–Kier alpha value is -1.06. The van der Waals surface area contributed by atoms with E-state index in [9.17, 15) is 9.59 Å². The van der Waals surface area contributed by atoms with Crippen LogP contribution in [0, 0.1) is 11.3 Å². The van der Waals surface area contributed by atoms with Gasteiger partial charge in [0, 0.05) is 5.41 Å². The molecule has 4 heteroatoms. The lowest BCUT2D eigenvalue weighted by molar-refractivity contribution is -0.130. The number of carbonyl (C=O) groups excluding carboxylic acids is 2. The molecule has 0 radical (unpaired) electrons. The summed E-state index contributed by atoms with van der Waals surface area (Å²) >= 11 is 0. The van der Waals surface area contributed by atoms with Crippen molar-refractivity contribution in [3.63, 3.8) is 0 Å². The van der Waals surface area contributed by atoms with Gasteiger partial charge in [0.05, 0.1) is 0 Å². The first-order chi connectivity index (χ1) is 6.96. The highest BCUT2D eigenvalue weighted by Gasteiger charge is 2.41. The van der Waals surface area contributed by atoms with Crippen LogP contribution in [0.3, 0.4) is 0 Å². The maximum absolute atomic E-state index is 11.9. The van der Waals surface area contributed by atoms with E-state index in [0.29, 0.717) is 5.92 Å². The SMILES string of the molecule is CC(C)CC1(C(=O)NC(N)=O)CCCC1. The van der Waals surface area contributed by atoms with E-state index in [2.05, 4.69) is 19.2 Å². The molecule has 0 aromatic carbocycles. The molecule has 1 rings (SSSR count). The van der Waals surface area contributed by atoms with Crippen molar-refractivity contribution in [2.75, 3.05) is 0 Å². The number of nitrogens with two attached hydrogens (primary N) is 1. The van der Waals surface area contributed by atoms with Gasteiger partial charge in [0.1, 0.15) is 0 Å². The molecular weight excluding hydrogens is 192 g/mol. The zero-order valence-electron chi connectivity index (χ0n) is 9.51. The van der Waals surface area contributed by atoms with Crippen LogP contribution < -0.4 is 11.1 Å². The van der Waals surface area contributed by atoms with Gasteiger partial charge in [-0.3, -0.25) is 10.1 Å². The van der Waals surface area contributed by atoms with E-state index in [1.54, 1.807) is 0 Å². The lowest BCUT2D eigenvalue weighted by Gasteiger charge is -2.28. The Balaban J connectivity index is 2.72. The third kappa shape index (κ3) is 2.94. The van der Waals surface area contributed by atoms with E-state index in [1.165, 1.54) is 0 Å². The molecule has 1 aliphatic rings. The molecule has 3 amide bonds. The Bertz CT molecular complexity index is 255. The quantitative estimate of drug-likeness (QED) is 0.748. The minimum atomic E-state index is -0.741. The van der Waals surface area contributed by atoms with Crippen molar-refractivity contribution in [1.29, 1.82) is 0 Å². The van der Waals surface area contributed by atoms with Gasteiger partial charge >= 0.3 is 6.03 Å². The van der Waals surface area contributed by atoms with E-state index in [1.807, 2.05) is 0 Å². The first-order valence-corrected chi connectivity index (χ1v) is 5.57. The molecular formula is C11H20N2O2. The minimum Gasteiger partial charge on any atom is -0.351 e. The van der Waals surface area contributed by atoms with Crippen LogP contribution >= 0.6 is 0 Å².